The number of carbonyl (C=O) groups excluding carboxylic acids is 1. The molecule has 1 rings (SSSR count). The molecule has 0 radical (unpaired) electrons. The van der Waals surface area contributed by atoms with Crippen LogP contribution >= 0.6 is 0 Å². The van der Waals surface area contributed by atoms with E-state index in [0.29, 0.717) is 12.2 Å². The molecule has 1 unspecified atom stereocenters. The number of amides is 1. The van der Waals surface area contributed by atoms with Crippen molar-refractivity contribution in [2.24, 2.45) is 0 Å². The summed E-state index contributed by atoms with van der Waals surface area (Å²) in [4.78, 5) is 11.7. The lowest BCUT2D eigenvalue weighted by Gasteiger charge is -2.17. The smallest absolute Gasteiger partial charge is 0.387 e. The molecule has 1 atom stereocenters. The third-order valence-corrected chi connectivity index (χ3v) is 2.42. The minimum absolute atomic E-state index is 0.0210. The number of benzene rings is 1. The average molecular weight is 272 g/mol. The molecule has 0 aromatic heterocycles. The van der Waals surface area contributed by atoms with Crippen molar-refractivity contribution in [2.75, 3.05) is 11.9 Å². The van der Waals surface area contributed by atoms with E-state index in [-0.39, 0.29) is 11.7 Å². The van der Waals surface area contributed by atoms with Gasteiger partial charge >= 0.3 is 6.61 Å². The summed E-state index contributed by atoms with van der Waals surface area (Å²) in [7, 11) is 0. The Bertz CT molecular complexity index is 413. The molecule has 1 aromatic rings. The summed E-state index contributed by atoms with van der Waals surface area (Å²) in [6.45, 7) is 1.29. The number of hydrogen-bond acceptors (Lipinski definition) is 3. The van der Waals surface area contributed by atoms with Crippen LogP contribution in [0.1, 0.15) is 20.3 Å². The van der Waals surface area contributed by atoms with Crippen LogP contribution in [0.15, 0.2) is 24.3 Å². The van der Waals surface area contributed by atoms with E-state index in [0.717, 1.165) is 6.42 Å². The molecule has 0 aliphatic heterocycles. The normalized spacial score (nSPS) is 12.1. The molecule has 0 bridgehead atoms. The summed E-state index contributed by atoms with van der Waals surface area (Å²) in [6.07, 6.45) is 0.837. The summed E-state index contributed by atoms with van der Waals surface area (Å²) < 4.78 is 28.8. The topological polar surface area (TPSA) is 50.4 Å². The molecule has 106 valence electrons. The largest absolute Gasteiger partial charge is 0.433 e. The number of nitrogens with one attached hydrogen (secondary N) is 2. The molecule has 19 heavy (non-hydrogen) atoms. The van der Waals surface area contributed by atoms with E-state index in [2.05, 4.69) is 15.4 Å². The Morgan fingerprint density at radius 2 is 2.05 bits per heavy atom. The first-order valence-corrected chi connectivity index (χ1v) is 6.12. The minimum atomic E-state index is -2.90. The molecular weight excluding hydrogens is 254 g/mol. The van der Waals surface area contributed by atoms with Crippen molar-refractivity contribution in [1.29, 1.82) is 0 Å². The Labute approximate surface area is 111 Å². The first-order valence-electron chi connectivity index (χ1n) is 6.12. The second-order valence-electron chi connectivity index (χ2n) is 4.03. The van der Waals surface area contributed by atoms with Gasteiger partial charge in [0.15, 0.2) is 0 Å². The lowest BCUT2D eigenvalue weighted by atomic mass is 10.2. The van der Waals surface area contributed by atoms with Gasteiger partial charge in [-0.05, 0) is 25.5 Å². The van der Waals surface area contributed by atoms with Gasteiger partial charge in [0.25, 0.3) is 0 Å². The highest BCUT2D eigenvalue weighted by atomic mass is 19.3. The van der Waals surface area contributed by atoms with Crippen molar-refractivity contribution in [3.8, 4) is 5.75 Å². The van der Waals surface area contributed by atoms with Crippen molar-refractivity contribution >= 4 is 11.6 Å². The fourth-order valence-electron chi connectivity index (χ4n) is 1.48. The first kappa shape index (κ1) is 15.2. The maximum atomic E-state index is 12.2. The van der Waals surface area contributed by atoms with Crippen LogP contribution in [0.4, 0.5) is 14.5 Å². The predicted octanol–water partition coefficient (Wildman–Crippen LogP) is 2.61. The van der Waals surface area contributed by atoms with E-state index < -0.39 is 12.7 Å². The molecule has 1 aromatic carbocycles. The van der Waals surface area contributed by atoms with Crippen molar-refractivity contribution < 1.29 is 18.3 Å². The number of ether oxygens (including phenoxy) is 1. The van der Waals surface area contributed by atoms with Gasteiger partial charge in [0.05, 0.1) is 5.69 Å². The monoisotopic (exact) mass is 272 g/mol. The highest BCUT2D eigenvalue weighted by Crippen LogP contribution is 2.26. The van der Waals surface area contributed by atoms with Gasteiger partial charge in [-0.15, -0.1) is 0 Å². The molecule has 1 amide bonds. The summed E-state index contributed by atoms with van der Waals surface area (Å²) >= 11 is 0. The molecule has 0 aliphatic carbocycles. The molecule has 2 N–H and O–H groups in total. The molecule has 6 heteroatoms. The van der Waals surface area contributed by atoms with Crippen molar-refractivity contribution in [2.45, 2.75) is 32.9 Å². The van der Waals surface area contributed by atoms with Crippen LogP contribution in [-0.2, 0) is 4.79 Å². The van der Waals surface area contributed by atoms with Crippen molar-refractivity contribution in [3.63, 3.8) is 0 Å². The summed E-state index contributed by atoms with van der Waals surface area (Å²) in [5.74, 6) is -0.165. The lowest BCUT2D eigenvalue weighted by molar-refractivity contribution is -0.121. The zero-order valence-electron chi connectivity index (χ0n) is 11.0. The van der Waals surface area contributed by atoms with Crippen LogP contribution in [0, 0.1) is 0 Å². The molecular formula is C13H18F2N2O2. The standard InChI is InChI=1S/C13H18F2N2O2/c1-3-8-16-12(18)9(2)17-10-6-4-5-7-11(10)19-13(14)15/h4-7,9,13,17H,3,8H2,1-2H3,(H,16,18). The highest BCUT2D eigenvalue weighted by molar-refractivity contribution is 5.84. The summed E-state index contributed by atoms with van der Waals surface area (Å²) in [5, 5.41) is 5.58. The van der Waals surface area contributed by atoms with Crippen LogP contribution in [0.25, 0.3) is 0 Å². The third kappa shape index (κ3) is 5.11. The summed E-state index contributed by atoms with van der Waals surface area (Å²) in [6, 6.07) is 5.74. The van der Waals surface area contributed by atoms with E-state index >= 15 is 0 Å². The number of halogens is 2. The number of alkyl halides is 2. The van der Waals surface area contributed by atoms with Gasteiger partial charge in [-0.2, -0.15) is 8.78 Å². The van der Waals surface area contributed by atoms with Crippen LogP contribution in [0.2, 0.25) is 0 Å². The van der Waals surface area contributed by atoms with Crippen molar-refractivity contribution in [1.82, 2.24) is 5.32 Å². The number of para-hydroxylation sites is 2. The molecule has 0 spiro atoms. The Morgan fingerprint density at radius 1 is 1.37 bits per heavy atom. The highest BCUT2D eigenvalue weighted by Gasteiger charge is 2.15. The maximum absolute atomic E-state index is 12.2. The minimum Gasteiger partial charge on any atom is -0.433 e. The van der Waals surface area contributed by atoms with Gasteiger partial charge < -0.3 is 15.4 Å². The Hall–Kier alpha value is -1.85. The van der Waals surface area contributed by atoms with Gasteiger partial charge in [0.1, 0.15) is 11.8 Å². The van der Waals surface area contributed by atoms with E-state index in [1.165, 1.54) is 6.07 Å². The van der Waals surface area contributed by atoms with Crippen LogP contribution in [0.5, 0.6) is 5.75 Å². The maximum Gasteiger partial charge on any atom is 0.387 e. The molecule has 0 saturated heterocycles. The average Bonchev–Trinajstić information content (AvgIpc) is 2.37. The molecule has 0 aliphatic rings. The fourth-order valence-corrected chi connectivity index (χ4v) is 1.48. The predicted molar refractivity (Wildman–Crippen MR) is 69.5 cm³/mol. The van der Waals surface area contributed by atoms with E-state index in [9.17, 15) is 13.6 Å². The molecule has 0 heterocycles. The number of carbonyl (C=O) groups is 1. The van der Waals surface area contributed by atoms with Crippen LogP contribution < -0.4 is 15.4 Å². The number of rotatable bonds is 7. The zero-order valence-corrected chi connectivity index (χ0v) is 11.0. The Balaban J connectivity index is 2.67. The number of anilines is 1. The van der Waals surface area contributed by atoms with Gasteiger partial charge in [-0.1, -0.05) is 19.1 Å². The van der Waals surface area contributed by atoms with Crippen LogP contribution in [0.3, 0.4) is 0 Å². The summed E-state index contributed by atoms with van der Waals surface area (Å²) in [5.41, 5.74) is 0.363. The van der Waals surface area contributed by atoms with Gasteiger partial charge in [-0.3, -0.25) is 4.79 Å². The number of hydrogen-bond donors (Lipinski definition) is 2. The van der Waals surface area contributed by atoms with Gasteiger partial charge in [0.2, 0.25) is 5.91 Å². The van der Waals surface area contributed by atoms with Crippen LogP contribution in [-0.4, -0.2) is 25.1 Å². The zero-order chi connectivity index (χ0) is 14.3. The third-order valence-electron chi connectivity index (χ3n) is 2.42. The quantitative estimate of drug-likeness (QED) is 0.802. The lowest BCUT2D eigenvalue weighted by Crippen LogP contribution is -2.37. The van der Waals surface area contributed by atoms with Crippen molar-refractivity contribution in [3.05, 3.63) is 24.3 Å². The first-order chi connectivity index (χ1) is 9.04. The van der Waals surface area contributed by atoms with Gasteiger partial charge in [0, 0.05) is 6.54 Å². The van der Waals surface area contributed by atoms with Gasteiger partial charge in [-0.25, -0.2) is 0 Å². The molecule has 0 saturated carbocycles. The molecule has 0 fully saturated rings. The fraction of sp³-hybridized carbons (Fsp3) is 0.462. The second-order valence-corrected chi connectivity index (χ2v) is 4.03. The molecule has 4 nitrogen and oxygen atoms in total. The van der Waals surface area contributed by atoms with E-state index in [1.807, 2.05) is 6.92 Å². The SMILES string of the molecule is CCCNC(=O)C(C)Nc1ccccc1OC(F)F. The van der Waals surface area contributed by atoms with E-state index in [1.54, 1.807) is 25.1 Å². The van der Waals surface area contributed by atoms with E-state index in [4.69, 9.17) is 0 Å². The Kier molecular flexibility index (Phi) is 6.05. The second kappa shape index (κ2) is 7.56. The Morgan fingerprint density at radius 3 is 2.68 bits per heavy atom.